The number of rotatable bonds is 6. The van der Waals surface area contributed by atoms with Crippen molar-refractivity contribution in [3.8, 4) is 17.3 Å². The van der Waals surface area contributed by atoms with Crippen molar-refractivity contribution >= 4 is 28.5 Å². The van der Waals surface area contributed by atoms with Crippen LogP contribution in [0.15, 0.2) is 49.1 Å². The van der Waals surface area contributed by atoms with Crippen LogP contribution in [0.5, 0.6) is 5.75 Å². The van der Waals surface area contributed by atoms with E-state index in [0.29, 0.717) is 53.9 Å². The van der Waals surface area contributed by atoms with E-state index in [1.54, 1.807) is 22.8 Å². The van der Waals surface area contributed by atoms with Crippen LogP contribution < -0.4 is 9.64 Å². The first-order valence-electron chi connectivity index (χ1n) is 13.3. The summed E-state index contributed by atoms with van der Waals surface area (Å²) in [6.07, 6.45) is 6.27. The highest BCUT2D eigenvalue weighted by atomic mass is 16.5. The standard InChI is InChI=1S/C27H27N11O3/c1-17-30-16-37(32-17)24-22-21(20(41-2)13-29-24)19(12-28-22)23(39)25(40)35-10-8-27(14-35)9-11-36(15-27)26-31-33-34-38(26)18-6-4-3-5-7-18/h3-7,12-13,16,28H,8-11,14-15H2,1-2H3. The number of fused-ring (bicyclic) bond motifs is 1. The van der Waals surface area contributed by atoms with Crippen LogP contribution in [0.25, 0.3) is 22.4 Å². The zero-order chi connectivity index (χ0) is 28.1. The molecule has 14 nitrogen and oxygen atoms in total. The number of benzene rings is 1. The van der Waals surface area contributed by atoms with Crippen molar-refractivity contribution < 1.29 is 14.3 Å². The van der Waals surface area contributed by atoms with Gasteiger partial charge in [-0.3, -0.25) is 9.59 Å². The minimum Gasteiger partial charge on any atom is -0.494 e. The van der Waals surface area contributed by atoms with E-state index in [0.717, 1.165) is 25.1 Å². The van der Waals surface area contributed by atoms with Crippen LogP contribution in [-0.4, -0.2) is 94.8 Å². The maximum atomic E-state index is 13.6. The number of hydrogen-bond acceptors (Lipinski definition) is 10. The molecule has 1 atom stereocenters. The summed E-state index contributed by atoms with van der Waals surface area (Å²) in [5, 5.41) is 17.2. The zero-order valence-electron chi connectivity index (χ0n) is 22.6. The second-order valence-corrected chi connectivity index (χ2v) is 10.5. The molecule has 7 rings (SSSR count). The number of para-hydroxylation sites is 1. The van der Waals surface area contributed by atoms with Gasteiger partial charge in [-0.1, -0.05) is 23.3 Å². The lowest BCUT2D eigenvalue weighted by Gasteiger charge is -2.24. The van der Waals surface area contributed by atoms with Crippen molar-refractivity contribution in [2.24, 2.45) is 5.41 Å². The Morgan fingerprint density at radius 1 is 1.07 bits per heavy atom. The van der Waals surface area contributed by atoms with Gasteiger partial charge in [-0.15, -0.1) is 0 Å². The van der Waals surface area contributed by atoms with Crippen molar-refractivity contribution in [1.29, 1.82) is 0 Å². The summed E-state index contributed by atoms with van der Waals surface area (Å²) in [5.41, 5.74) is 1.52. The molecule has 208 valence electrons. The van der Waals surface area contributed by atoms with Crippen LogP contribution in [0, 0.1) is 12.3 Å². The van der Waals surface area contributed by atoms with Gasteiger partial charge in [0.05, 0.1) is 35.5 Å². The molecule has 5 aromatic rings. The first-order chi connectivity index (χ1) is 20.0. The van der Waals surface area contributed by atoms with Crippen LogP contribution in [0.3, 0.4) is 0 Å². The molecule has 41 heavy (non-hydrogen) atoms. The zero-order valence-corrected chi connectivity index (χ0v) is 22.6. The Balaban J connectivity index is 1.11. The number of aromatic amines is 1. The maximum absolute atomic E-state index is 13.6. The molecule has 0 radical (unpaired) electrons. The van der Waals surface area contributed by atoms with E-state index in [4.69, 9.17) is 4.74 Å². The van der Waals surface area contributed by atoms with Gasteiger partial charge in [0.2, 0.25) is 5.95 Å². The topological polar surface area (TPSA) is 153 Å². The monoisotopic (exact) mass is 553 g/mol. The summed E-state index contributed by atoms with van der Waals surface area (Å²) in [7, 11) is 1.50. The van der Waals surface area contributed by atoms with Gasteiger partial charge in [0, 0.05) is 37.8 Å². The number of Topliss-reactive ketones (excluding diaryl/α,β-unsaturated/α-hetero) is 1. The first-order valence-corrected chi connectivity index (χ1v) is 13.3. The smallest absolute Gasteiger partial charge is 0.295 e. The third-order valence-corrected chi connectivity index (χ3v) is 8.04. The Labute approximate surface area is 233 Å². The lowest BCUT2D eigenvalue weighted by Crippen LogP contribution is -2.38. The second kappa shape index (κ2) is 9.50. The molecular weight excluding hydrogens is 526 g/mol. The fourth-order valence-electron chi connectivity index (χ4n) is 5.98. The largest absolute Gasteiger partial charge is 0.494 e. The lowest BCUT2D eigenvalue weighted by atomic mass is 9.86. The highest BCUT2D eigenvalue weighted by Gasteiger charge is 2.47. The van der Waals surface area contributed by atoms with Gasteiger partial charge < -0.3 is 19.5 Å². The number of pyridine rings is 1. The minimum atomic E-state index is -0.596. The van der Waals surface area contributed by atoms with Gasteiger partial charge in [0.15, 0.2) is 5.82 Å². The fourth-order valence-corrected chi connectivity index (χ4v) is 5.98. The van der Waals surface area contributed by atoms with Crippen molar-refractivity contribution in [3.05, 3.63) is 60.4 Å². The summed E-state index contributed by atoms with van der Waals surface area (Å²) < 4.78 is 8.77. The summed E-state index contributed by atoms with van der Waals surface area (Å²) in [6, 6.07) is 9.75. The average Bonchev–Trinajstić information content (AvgIpc) is 3.83. The molecule has 1 N–H and O–H groups in total. The number of ether oxygens (including phenoxy) is 1. The number of carbonyl (C=O) groups is 2. The number of nitrogens with zero attached hydrogens (tertiary/aromatic N) is 10. The van der Waals surface area contributed by atoms with E-state index < -0.39 is 11.7 Å². The molecule has 14 heteroatoms. The predicted octanol–water partition coefficient (Wildman–Crippen LogP) is 1.75. The van der Waals surface area contributed by atoms with E-state index in [1.165, 1.54) is 24.2 Å². The summed E-state index contributed by atoms with van der Waals surface area (Å²) >= 11 is 0. The van der Waals surface area contributed by atoms with Crippen LogP contribution in [0.1, 0.15) is 29.0 Å². The molecule has 0 saturated carbocycles. The van der Waals surface area contributed by atoms with Crippen molar-refractivity contribution in [2.75, 3.05) is 38.2 Å². The van der Waals surface area contributed by atoms with Crippen molar-refractivity contribution in [3.63, 3.8) is 0 Å². The number of tetrazole rings is 1. The lowest BCUT2D eigenvalue weighted by molar-refractivity contribution is -0.125. The van der Waals surface area contributed by atoms with Gasteiger partial charge in [0.25, 0.3) is 11.7 Å². The number of H-pyrrole nitrogens is 1. The molecule has 0 bridgehead atoms. The van der Waals surface area contributed by atoms with Crippen molar-refractivity contribution in [1.82, 2.24) is 49.8 Å². The van der Waals surface area contributed by atoms with Gasteiger partial charge in [-0.2, -0.15) is 9.78 Å². The SMILES string of the molecule is COc1cnc(-n2cnc(C)n2)c2[nH]cc(C(=O)C(=O)N3CCC4(CCN(c5nnnn5-c5ccccc5)C4)C3)c12. The summed E-state index contributed by atoms with van der Waals surface area (Å²) in [6.45, 7) is 4.24. The maximum Gasteiger partial charge on any atom is 0.295 e. The second-order valence-electron chi connectivity index (χ2n) is 10.5. The average molecular weight is 554 g/mol. The Bertz CT molecular complexity index is 1780. The van der Waals surface area contributed by atoms with E-state index in [2.05, 4.69) is 40.5 Å². The number of hydrogen-bond donors (Lipinski definition) is 1. The Hall–Kier alpha value is -5.14. The Kier molecular flexibility index (Phi) is 5.76. The third-order valence-electron chi connectivity index (χ3n) is 8.04. The van der Waals surface area contributed by atoms with E-state index >= 15 is 0 Å². The molecule has 4 aromatic heterocycles. The molecule has 1 unspecified atom stereocenters. The molecule has 2 aliphatic rings. The van der Waals surface area contributed by atoms with Gasteiger partial charge in [0.1, 0.15) is 17.9 Å². The molecule has 0 aliphatic carbocycles. The number of aryl methyl sites for hydroxylation is 1. The van der Waals surface area contributed by atoms with Crippen LogP contribution in [-0.2, 0) is 4.79 Å². The molecule has 2 aliphatic heterocycles. The number of amides is 1. The van der Waals surface area contributed by atoms with Crippen LogP contribution in [0.4, 0.5) is 5.95 Å². The number of methoxy groups -OCH3 is 1. The number of ketones is 1. The molecule has 1 amide bonds. The Morgan fingerprint density at radius 3 is 2.68 bits per heavy atom. The fraction of sp³-hybridized carbons (Fsp3) is 0.333. The number of anilines is 1. The normalized spacial score (nSPS) is 18.6. The molecule has 1 aromatic carbocycles. The van der Waals surface area contributed by atoms with E-state index in [9.17, 15) is 9.59 Å². The third kappa shape index (κ3) is 4.10. The Morgan fingerprint density at radius 2 is 1.90 bits per heavy atom. The highest BCUT2D eigenvalue weighted by molar-refractivity contribution is 6.45. The number of aromatic nitrogens is 9. The first kappa shape index (κ1) is 24.9. The van der Waals surface area contributed by atoms with E-state index in [-0.39, 0.29) is 11.0 Å². The van der Waals surface area contributed by atoms with Gasteiger partial charge in [-0.05, 0) is 42.3 Å². The molecule has 6 heterocycles. The quantitative estimate of drug-likeness (QED) is 0.243. The minimum absolute atomic E-state index is 0.136. The molecule has 1 spiro atoms. The number of carbonyl (C=O) groups excluding carboxylic acids is 2. The van der Waals surface area contributed by atoms with Gasteiger partial charge >= 0.3 is 0 Å². The van der Waals surface area contributed by atoms with E-state index in [1.807, 2.05) is 30.3 Å². The van der Waals surface area contributed by atoms with Crippen molar-refractivity contribution in [2.45, 2.75) is 19.8 Å². The number of likely N-dealkylation sites (tertiary alicyclic amines) is 1. The number of nitrogens with one attached hydrogen (secondary N) is 1. The summed E-state index contributed by atoms with van der Waals surface area (Å²) in [4.78, 5) is 42.7. The van der Waals surface area contributed by atoms with Crippen LogP contribution in [0.2, 0.25) is 0 Å². The highest BCUT2D eigenvalue weighted by Crippen LogP contribution is 2.41. The van der Waals surface area contributed by atoms with Gasteiger partial charge in [-0.25, -0.2) is 14.6 Å². The molecule has 2 fully saturated rings. The molecule has 2 saturated heterocycles. The molecular formula is C27H27N11O3. The van der Waals surface area contributed by atoms with Crippen LogP contribution >= 0.6 is 0 Å². The summed E-state index contributed by atoms with van der Waals surface area (Å²) in [5.74, 6) is 0.967. The predicted molar refractivity (Wildman–Crippen MR) is 146 cm³/mol.